The SMILES string of the molecule is CC(C)(C)N1CCN(Cc2ccccc2)CC1.CC(C)(C)OC(=O)N1CCN(C(C)(C)C)CC1.CCCN1CCN(C(C)(C)C)CC1.CN1CCN(C(C)(C)C)CC1.CN1CCN(C(C)(C)C)CC1.CN1CCN(C(C)(C)C)CC1. The molecular weight excluding hydrogens is 993 g/mol. The molecular formula is C66H134N12O2. The first-order chi connectivity index (χ1) is 36.7. The molecule has 470 valence electrons. The molecule has 0 aliphatic carbocycles. The van der Waals surface area contributed by atoms with E-state index in [2.05, 4.69) is 237 Å². The van der Waals surface area contributed by atoms with Crippen molar-refractivity contribution >= 4 is 6.09 Å². The molecule has 0 aromatic heterocycles. The Balaban J connectivity index is 0.000000332. The van der Waals surface area contributed by atoms with Gasteiger partial charge in [0, 0.05) is 197 Å². The van der Waals surface area contributed by atoms with E-state index in [1.165, 1.54) is 149 Å². The molecule has 0 atom stereocenters. The second kappa shape index (κ2) is 33.7. The van der Waals surface area contributed by atoms with Crippen molar-refractivity contribution in [2.24, 2.45) is 0 Å². The molecule has 0 N–H and O–H groups in total. The third kappa shape index (κ3) is 30.7. The van der Waals surface area contributed by atoms with Gasteiger partial charge in [0.2, 0.25) is 0 Å². The molecule has 1 aromatic rings. The number of likely N-dealkylation sites (N-methyl/N-ethyl adjacent to an activating group) is 3. The van der Waals surface area contributed by atoms with E-state index in [0.29, 0.717) is 27.7 Å². The van der Waals surface area contributed by atoms with Crippen LogP contribution in [0.5, 0.6) is 0 Å². The van der Waals surface area contributed by atoms with E-state index in [1.54, 1.807) is 4.90 Å². The van der Waals surface area contributed by atoms with Crippen LogP contribution in [-0.2, 0) is 11.3 Å². The van der Waals surface area contributed by atoms with Gasteiger partial charge in [-0.15, -0.1) is 0 Å². The number of amides is 1. The summed E-state index contributed by atoms with van der Waals surface area (Å²) in [5.41, 5.74) is 2.97. The van der Waals surface area contributed by atoms with Crippen LogP contribution in [0, 0.1) is 0 Å². The summed E-state index contributed by atoms with van der Waals surface area (Å²) in [7, 11) is 6.58. The van der Waals surface area contributed by atoms with Gasteiger partial charge in [-0.25, -0.2) is 4.79 Å². The fourth-order valence-corrected chi connectivity index (χ4v) is 10.7. The third-order valence-corrected chi connectivity index (χ3v) is 16.7. The summed E-state index contributed by atoms with van der Waals surface area (Å²) in [5, 5.41) is 0. The number of carbonyl (C=O) groups excluding carboxylic acids is 1. The third-order valence-electron chi connectivity index (χ3n) is 16.7. The molecule has 14 nitrogen and oxygen atoms in total. The van der Waals surface area contributed by atoms with Crippen molar-refractivity contribution < 1.29 is 9.53 Å². The molecule has 0 spiro atoms. The molecule has 6 aliphatic heterocycles. The molecule has 1 aromatic carbocycles. The molecule has 1 amide bonds. The normalized spacial score (nSPS) is 21.7. The van der Waals surface area contributed by atoms with Crippen molar-refractivity contribution in [2.45, 2.75) is 204 Å². The monoisotopic (exact) mass is 1130 g/mol. The largest absolute Gasteiger partial charge is 0.444 e. The van der Waals surface area contributed by atoms with Crippen LogP contribution in [0.15, 0.2) is 30.3 Å². The zero-order chi connectivity index (χ0) is 60.9. The molecule has 7 rings (SSSR count). The molecule has 0 unspecified atom stereocenters. The molecule has 6 saturated heterocycles. The molecule has 6 aliphatic rings. The van der Waals surface area contributed by atoms with Crippen molar-refractivity contribution in [3.05, 3.63) is 35.9 Å². The fourth-order valence-electron chi connectivity index (χ4n) is 10.7. The predicted molar refractivity (Wildman–Crippen MR) is 347 cm³/mol. The van der Waals surface area contributed by atoms with E-state index in [0.717, 1.165) is 32.7 Å². The van der Waals surface area contributed by atoms with Crippen molar-refractivity contribution in [1.82, 2.24) is 58.8 Å². The first kappa shape index (κ1) is 74.2. The van der Waals surface area contributed by atoms with Crippen molar-refractivity contribution in [3.8, 4) is 0 Å². The minimum Gasteiger partial charge on any atom is -0.444 e. The summed E-state index contributed by atoms with van der Waals surface area (Å²) < 4.78 is 5.37. The average molecular weight is 1130 g/mol. The highest BCUT2D eigenvalue weighted by molar-refractivity contribution is 5.68. The molecule has 80 heavy (non-hydrogen) atoms. The molecule has 0 radical (unpaired) electrons. The number of ether oxygens (including phenoxy) is 1. The van der Waals surface area contributed by atoms with E-state index in [1.807, 2.05) is 20.8 Å². The van der Waals surface area contributed by atoms with E-state index in [9.17, 15) is 4.79 Å². The second-order valence-corrected chi connectivity index (χ2v) is 30.9. The smallest absolute Gasteiger partial charge is 0.410 e. The number of rotatable bonds is 4. The highest BCUT2D eigenvalue weighted by Crippen LogP contribution is 2.21. The van der Waals surface area contributed by atoms with Gasteiger partial charge < -0.3 is 29.2 Å². The van der Waals surface area contributed by atoms with Gasteiger partial charge in [0.1, 0.15) is 5.60 Å². The van der Waals surface area contributed by atoms with E-state index in [-0.39, 0.29) is 11.6 Å². The van der Waals surface area contributed by atoms with Crippen LogP contribution in [0.4, 0.5) is 4.79 Å². The van der Waals surface area contributed by atoms with Gasteiger partial charge in [0.05, 0.1) is 0 Å². The first-order valence-corrected chi connectivity index (χ1v) is 31.7. The van der Waals surface area contributed by atoms with Crippen molar-refractivity contribution in [1.29, 1.82) is 0 Å². The number of piperazine rings is 6. The number of nitrogens with zero attached hydrogens (tertiary/aromatic N) is 12. The molecule has 6 fully saturated rings. The Bertz CT molecular complexity index is 1680. The Morgan fingerprint density at radius 2 is 0.613 bits per heavy atom. The van der Waals surface area contributed by atoms with Gasteiger partial charge >= 0.3 is 6.09 Å². The highest BCUT2D eigenvalue weighted by atomic mass is 16.6. The Morgan fingerprint density at radius 1 is 0.362 bits per heavy atom. The van der Waals surface area contributed by atoms with Gasteiger partial charge in [-0.1, -0.05) is 37.3 Å². The number of benzene rings is 1. The summed E-state index contributed by atoms with van der Waals surface area (Å²) in [4.78, 5) is 41.2. The lowest BCUT2D eigenvalue weighted by Gasteiger charge is -2.42. The molecule has 14 heteroatoms. The maximum Gasteiger partial charge on any atom is 0.410 e. The Kier molecular flexibility index (Phi) is 31.2. The predicted octanol–water partition coefficient (Wildman–Crippen LogP) is 9.85. The topological polar surface area (TPSA) is 65.2 Å². The average Bonchev–Trinajstić information content (AvgIpc) is 3.34. The number of carbonyl (C=O) groups is 1. The maximum absolute atomic E-state index is 11.9. The minimum atomic E-state index is -0.405. The summed E-state index contributed by atoms with van der Waals surface area (Å²) >= 11 is 0. The standard InChI is InChI=1S/C15H24N2.C13H26N2O2.C11H24N2.3C9H20N2/c1-15(2,3)17-11-9-16(10-12-17)13-14-7-5-4-6-8-14;1-12(2,3)15-9-7-14(8-10-15)11(16)17-13(4,5)6;1-5-6-12-7-9-13(10-8-12)11(2,3)4;3*1-9(2,3)11-7-5-10(4)6-8-11/h4-8H,9-13H2,1-3H3;7-10H2,1-6H3;5-10H2,1-4H3;3*5-8H2,1-4H3. The van der Waals surface area contributed by atoms with Crippen molar-refractivity contribution in [2.75, 3.05) is 185 Å². The summed E-state index contributed by atoms with van der Waals surface area (Å²) in [5.74, 6) is 0. The van der Waals surface area contributed by atoms with Crippen LogP contribution in [0.3, 0.4) is 0 Å². The Morgan fingerprint density at radius 3 is 0.863 bits per heavy atom. The zero-order valence-corrected chi connectivity index (χ0v) is 57.7. The van der Waals surface area contributed by atoms with E-state index >= 15 is 0 Å². The van der Waals surface area contributed by atoms with Gasteiger partial charge in [0.25, 0.3) is 0 Å². The minimum absolute atomic E-state index is 0.181. The lowest BCUT2D eigenvalue weighted by Crippen LogP contribution is -2.55. The maximum atomic E-state index is 11.9. The van der Waals surface area contributed by atoms with Gasteiger partial charge in [0.15, 0.2) is 0 Å². The quantitative estimate of drug-likeness (QED) is 0.288. The van der Waals surface area contributed by atoms with Crippen LogP contribution < -0.4 is 0 Å². The molecule has 6 heterocycles. The molecule has 0 bridgehead atoms. The van der Waals surface area contributed by atoms with E-state index in [4.69, 9.17) is 4.74 Å². The second-order valence-electron chi connectivity index (χ2n) is 30.9. The Labute approximate surface area is 497 Å². The summed E-state index contributed by atoms with van der Waals surface area (Å²) in [6, 6.07) is 10.8. The van der Waals surface area contributed by atoms with E-state index < -0.39 is 5.60 Å². The van der Waals surface area contributed by atoms with Gasteiger partial charge in [-0.05, 0) is 185 Å². The number of hydrogen-bond acceptors (Lipinski definition) is 13. The lowest BCUT2D eigenvalue weighted by molar-refractivity contribution is 0.00420. The molecule has 0 saturated carbocycles. The zero-order valence-electron chi connectivity index (χ0n) is 57.7. The summed E-state index contributed by atoms with van der Waals surface area (Å²) in [6.45, 7) is 79.1. The van der Waals surface area contributed by atoms with Crippen LogP contribution in [0.1, 0.15) is 164 Å². The van der Waals surface area contributed by atoms with Crippen LogP contribution in [0.2, 0.25) is 0 Å². The van der Waals surface area contributed by atoms with Crippen LogP contribution >= 0.6 is 0 Å². The Hall–Kier alpha value is -1.95. The fraction of sp³-hybridized carbons (Fsp3) is 0.894. The first-order valence-electron chi connectivity index (χ1n) is 31.7. The van der Waals surface area contributed by atoms with Gasteiger partial charge in [-0.3, -0.25) is 34.3 Å². The lowest BCUT2D eigenvalue weighted by atomic mass is 10.0. The highest BCUT2D eigenvalue weighted by Gasteiger charge is 2.32. The number of hydrogen-bond donors (Lipinski definition) is 0. The van der Waals surface area contributed by atoms with Crippen molar-refractivity contribution in [3.63, 3.8) is 0 Å². The van der Waals surface area contributed by atoms with Gasteiger partial charge in [-0.2, -0.15) is 0 Å². The van der Waals surface area contributed by atoms with Crippen LogP contribution in [0.25, 0.3) is 0 Å². The summed E-state index contributed by atoms with van der Waals surface area (Å²) in [6.07, 6.45) is 1.10. The van der Waals surface area contributed by atoms with Crippen LogP contribution in [-0.4, -0.2) is 288 Å².